The molecule has 0 aliphatic heterocycles. The van der Waals surface area contributed by atoms with Gasteiger partial charge in [-0.25, -0.2) is 0 Å². The number of carbonyl (C=O) groups excluding carboxylic acids is 2. The van der Waals surface area contributed by atoms with Crippen LogP contribution in [-0.4, -0.2) is 57.7 Å². The lowest BCUT2D eigenvalue weighted by Crippen LogP contribution is -2.38. The van der Waals surface area contributed by atoms with Gasteiger partial charge < -0.3 is 24.8 Å². The molecule has 0 saturated heterocycles. The summed E-state index contributed by atoms with van der Waals surface area (Å²) < 4.78 is 15.5. The van der Waals surface area contributed by atoms with E-state index >= 15 is 0 Å². The third-order valence-corrected chi connectivity index (χ3v) is 4.24. The predicted molar refractivity (Wildman–Crippen MR) is 112 cm³/mol. The second-order valence-corrected chi connectivity index (χ2v) is 6.19. The molecule has 0 aromatic heterocycles. The highest BCUT2D eigenvalue weighted by Gasteiger charge is 2.15. The van der Waals surface area contributed by atoms with Crippen molar-refractivity contribution in [1.82, 2.24) is 4.90 Å². The van der Waals surface area contributed by atoms with Crippen molar-refractivity contribution in [3.05, 3.63) is 42.5 Å². The van der Waals surface area contributed by atoms with Gasteiger partial charge in [-0.1, -0.05) is 6.92 Å². The quantitative estimate of drug-likeness (QED) is 0.636. The molecule has 0 atom stereocenters. The molecule has 0 unspecified atom stereocenters. The number of ether oxygens (including phenoxy) is 3. The van der Waals surface area contributed by atoms with Crippen molar-refractivity contribution in [2.24, 2.45) is 0 Å². The van der Waals surface area contributed by atoms with Gasteiger partial charge in [-0.2, -0.15) is 0 Å². The Kier molecular flexibility index (Phi) is 8.29. The Morgan fingerprint density at radius 3 is 1.97 bits per heavy atom. The maximum absolute atomic E-state index is 12.5. The van der Waals surface area contributed by atoms with E-state index in [-0.39, 0.29) is 24.9 Å². The molecule has 8 nitrogen and oxygen atoms in total. The van der Waals surface area contributed by atoms with Crippen molar-refractivity contribution in [3.63, 3.8) is 0 Å². The summed E-state index contributed by atoms with van der Waals surface area (Å²) >= 11 is 0. The minimum absolute atomic E-state index is 0.0624. The van der Waals surface area contributed by atoms with Crippen molar-refractivity contribution in [2.75, 3.05) is 51.6 Å². The Balaban J connectivity index is 1.93. The molecule has 2 rings (SSSR count). The van der Waals surface area contributed by atoms with E-state index in [1.165, 1.54) is 7.11 Å². The summed E-state index contributed by atoms with van der Waals surface area (Å²) in [6.45, 7) is 2.58. The molecule has 0 aliphatic rings. The lowest BCUT2D eigenvalue weighted by Gasteiger charge is -2.20. The first-order valence-corrected chi connectivity index (χ1v) is 9.17. The molecule has 2 aromatic rings. The lowest BCUT2D eigenvalue weighted by atomic mass is 10.2. The minimum Gasteiger partial charge on any atom is -0.497 e. The van der Waals surface area contributed by atoms with Crippen molar-refractivity contribution < 1.29 is 23.8 Å². The third kappa shape index (κ3) is 6.69. The van der Waals surface area contributed by atoms with Gasteiger partial charge in [0.05, 0.1) is 40.1 Å². The molecule has 0 bridgehead atoms. The van der Waals surface area contributed by atoms with Gasteiger partial charge in [-0.15, -0.1) is 0 Å². The summed E-state index contributed by atoms with van der Waals surface area (Å²) in [6.07, 6.45) is 0. The second kappa shape index (κ2) is 10.9. The SMILES string of the molecule is CCN(CC(=O)Nc1ccc(OC)cc1)CC(=O)Nc1cc(OC)ccc1OC. The molecule has 2 aromatic carbocycles. The van der Waals surface area contributed by atoms with Gasteiger partial charge in [-0.3, -0.25) is 14.5 Å². The number of benzene rings is 2. The van der Waals surface area contributed by atoms with E-state index in [2.05, 4.69) is 10.6 Å². The van der Waals surface area contributed by atoms with Crippen LogP contribution in [0.25, 0.3) is 0 Å². The van der Waals surface area contributed by atoms with Gasteiger partial charge in [-0.05, 0) is 42.9 Å². The van der Waals surface area contributed by atoms with Crippen LogP contribution < -0.4 is 24.8 Å². The summed E-state index contributed by atoms with van der Waals surface area (Å²) in [5.41, 5.74) is 1.17. The highest BCUT2D eigenvalue weighted by molar-refractivity contribution is 5.95. The van der Waals surface area contributed by atoms with E-state index in [0.29, 0.717) is 35.2 Å². The van der Waals surface area contributed by atoms with E-state index in [1.54, 1.807) is 61.6 Å². The number of nitrogens with zero attached hydrogens (tertiary/aromatic N) is 1. The Bertz CT molecular complexity index is 824. The topological polar surface area (TPSA) is 89.1 Å². The molecular formula is C21H27N3O5. The minimum atomic E-state index is -0.254. The Morgan fingerprint density at radius 1 is 0.828 bits per heavy atom. The zero-order chi connectivity index (χ0) is 21.2. The Hall–Kier alpha value is -3.26. The molecule has 0 heterocycles. The number of likely N-dealkylation sites (N-methyl/N-ethyl adjacent to an activating group) is 1. The van der Waals surface area contributed by atoms with E-state index < -0.39 is 0 Å². The molecule has 0 fully saturated rings. The summed E-state index contributed by atoms with van der Waals surface area (Å²) in [4.78, 5) is 26.5. The highest BCUT2D eigenvalue weighted by Crippen LogP contribution is 2.28. The second-order valence-electron chi connectivity index (χ2n) is 6.19. The molecule has 156 valence electrons. The third-order valence-electron chi connectivity index (χ3n) is 4.24. The van der Waals surface area contributed by atoms with Gasteiger partial charge >= 0.3 is 0 Å². The molecule has 0 aliphatic carbocycles. The largest absolute Gasteiger partial charge is 0.497 e. The van der Waals surface area contributed by atoms with Gasteiger partial charge in [0, 0.05) is 11.8 Å². The standard InChI is InChI=1S/C21H27N3O5/c1-5-24(13-20(25)22-15-6-8-16(27-2)9-7-15)14-21(26)23-18-12-17(28-3)10-11-19(18)29-4/h6-12H,5,13-14H2,1-4H3,(H,22,25)(H,23,26). The van der Waals surface area contributed by atoms with Gasteiger partial charge in [0.15, 0.2) is 0 Å². The monoisotopic (exact) mass is 401 g/mol. The average molecular weight is 401 g/mol. The lowest BCUT2D eigenvalue weighted by molar-refractivity contribution is -0.119. The predicted octanol–water partition coefficient (Wildman–Crippen LogP) is 2.61. The summed E-state index contributed by atoms with van der Waals surface area (Å²) in [5, 5.41) is 5.62. The summed E-state index contributed by atoms with van der Waals surface area (Å²) in [7, 11) is 4.66. The Morgan fingerprint density at radius 2 is 1.41 bits per heavy atom. The number of anilines is 2. The number of methoxy groups -OCH3 is 3. The summed E-state index contributed by atoms with van der Waals surface area (Å²) in [6, 6.07) is 12.2. The van der Waals surface area contributed by atoms with Crippen molar-refractivity contribution in [3.8, 4) is 17.2 Å². The molecule has 2 N–H and O–H groups in total. The summed E-state index contributed by atoms with van der Waals surface area (Å²) in [5.74, 6) is 1.38. The van der Waals surface area contributed by atoms with E-state index in [9.17, 15) is 9.59 Å². The molecule has 0 saturated carbocycles. The van der Waals surface area contributed by atoms with E-state index in [1.807, 2.05) is 6.92 Å². The molecular weight excluding hydrogens is 374 g/mol. The number of rotatable bonds is 10. The van der Waals surface area contributed by atoms with E-state index in [4.69, 9.17) is 14.2 Å². The van der Waals surface area contributed by atoms with Crippen LogP contribution in [0.5, 0.6) is 17.2 Å². The molecule has 29 heavy (non-hydrogen) atoms. The first-order chi connectivity index (χ1) is 14.0. The molecule has 8 heteroatoms. The zero-order valence-electron chi connectivity index (χ0n) is 17.2. The number of nitrogens with one attached hydrogen (secondary N) is 2. The Labute approximate surface area is 170 Å². The van der Waals surface area contributed by atoms with Crippen LogP contribution in [0.1, 0.15) is 6.92 Å². The number of amides is 2. The first kappa shape index (κ1) is 22.0. The number of hydrogen-bond donors (Lipinski definition) is 2. The van der Waals surface area contributed by atoms with Crippen molar-refractivity contribution >= 4 is 23.2 Å². The number of carbonyl (C=O) groups is 2. The van der Waals surface area contributed by atoms with Gasteiger partial charge in [0.1, 0.15) is 17.2 Å². The fraction of sp³-hybridized carbons (Fsp3) is 0.333. The molecule has 0 spiro atoms. The average Bonchev–Trinajstić information content (AvgIpc) is 2.73. The molecule has 2 amide bonds. The maximum atomic E-state index is 12.5. The van der Waals surface area contributed by atoms with Crippen LogP contribution in [0.15, 0.2) is 42.5 Å². The fourth-order valence-corrected chi connectivity index (χ4v) is 2.66. The zero-order valence-corrected chi connectivity index (χ0v) is 17.2. The smallest absolute Gasteiger partial charge is 0.238 e. The number of hydrogen-bond acceptors (Lipinski definition) is 6. The van der Waals surface area contributed by atoms with Crippen LogP contribution >= 0.6 is 0 Å². The van der Waals surface area contributed by atoms with E-state index in [0.717, 1.165) is 0 Å². The van der Waals surface area contributed by atoms with Crippen LogP contribution in [0, 0.1) is 0 Å². The van der Waals surface area contributed by atoms with Crippen LogP contribution in [0.2, 0.25) is 0 Å². The maximum Gasteiger partial charge on any atom is 0.238 e. The van der Waals surface area contributed by atoms with Gasteiger partial charge in [0.2, 0.25) is 11.8 Å². The first-order valence-electron chi connectivity index (χ1n) is 9.17. The molecule has 0 radical (unpaired) electrons. The van der Waals surface area contributed by atoms with Crippen LogP contribution in [0.3, 0.4) is 0 Å². The van der Waals surface area contributed by atoms with Gasteiger partial charge in [0.25, 0.3) is 0 Å². The van der Waals surface area contributed by atoms with Crippen LogP contribution in [0.4, 0.5) is 11.4 Å². The van der Waals surface area contributed by atoms with Crippen LogP contribution in [-0.2, 0) is 9.59 Å². The van der Waals surface area contributed by atoms with Crippen molar-refractivity contribution in [1.29, 1.82) is 0 Å². The normalized spacial score (nSPS) is 10.4. The highest BCUT2D eigenvalue weighted by atomic mass is 16.5. The van der Waals surface area contributed by atoms with Crippen molar-refractivity contribution in [2.45, 2.75) is 6.92 Å². The fourth-order valence-electron chi connectivity index (χ4n) is 2.66.